The Morgan fingerprint density at radius 2 is 2.25 bits per heavy atom. The van der Waals surface area contributed by atoms with Crippen LogP contribution in [0.25, 0.3) is 0 Å². The van der Waals surface area contributed by atoms with Gasteiger partial charge in [-0.05, 0) is 22.0 Å². The summed E-state index contributed by atoms with van der Waals surface area (Å²) in [6, 6.07) is 1.96. The maximum absolute atomic E-state index is 11.6. The molecule has 4 nitrogen and oxygen atoms in total. The van der Waals surface area contributed by atoms with Crippen molar-refractivity contribution in [2.45, 2.75) is 0 Å². The first-order valence-corrected chi connectivity index (χ1v) is 6.53. The molecule has 0 bridgehead atoms. The van der Waals surface area contributed by atoms with E-state index in [9.17, 15) is 4.79 Å². The highest BCUT2D eigenvalue weighted by Crippen LogP contribution is 2.34. The van der Waals surface area contributed by atoms with E-state index in [4.69, 9.17) is 9.47 Å². The SMILES string of the molecule is COC(=O)c1sc(Br)cc1N1CCOCC1. The van der Waals surface area contributed by atoms with Gasteiger partial charge < -0.3 is 14.4 Å². The van der Waals surface area contributed by atoms with Gasteiger partial charge in [-0.25, -0.2) is 4.79 Å². The van der Waals surface area contributed by atoms with Crippen LogP contribution in [0, 0.1) is 0 Å². The monoisotopic (exact) mass is 305 g/mol. The number of carbonyl (C=O) groups excluding carboxylic acids is 1. The highest BCUT2D eigenvalue weighted by molar-refractivity contribution is 9.11. The van der Waals surface area contributed by atoms with Crippen molar-refractivity contribution < 1.29 is 14.3 Å². The van der Waals surface area contributed by atoms with Gasteiger partial charge in [0.15, 0.2) is 0 Å². The lowest BCUT2D eigenvalue weighted by Gasteiger charge is -2.28. The molecule has 0 N–H and O–H groups in total. The number of hydrogen-bond acceptors (Lipinski definition) is 5. The Bertz CT molecular complexity index is 387. The van der Waals surface area contributed by atoms with Crippen molar-refractivity contribution in [1.29, 1.82) is 0 Å². The number of carbonyl (C=O) groups is 1. The largest absolute Gasteiger partial charge is 0.465 e. The minimum Gasteiger partial charge on any atom is -0.465 e. The van der Waals surface area contributed by atoms with E-state index in [0.29, 0.717) is 18.1 Å². The van der Waals surface area contributed by atoms with Gasteiger partial charge >= 0.3 is 5.97 Å². The van der Waals surface area contributed by atoms with Crippen LogP contribution in [-0.2, 0) is 9.47 Å². The van der Waals surface area contributed by atoms with Crippen LogP contribution < -0.4 is 4.90 Å². The van der Waals surface area contributed by atoms with E-state index in [2.05, 4.69) is 20.8 Å². The van der Waals surface area contributed by atoms with Crippen molar-refractivity contribution in [2.24, 2.45) is 0 Å². The van der Waals surface area contributed by atoms with E-state index < -0.39 is 0 Å². The first-order chi connectivity index (χ1) is 7.72. The summed E-state index contributed by atoms with van der Waals surface area (Å²) >= 11 is 4.80. The molecule has 0 amide bonds. The molecule has 1 aliphatic rings. The Labute approximate surface area is 106 Å². The quantitative estimate of drug-likeness (QED) is 0.785. The van der Waals surface area contributed by atoms with Crippen LogP contribution in [-0.4, -0.2) is 39.4 Å². The van der Waals surface area contributed by atoms with Crippen molar-refractivity contribution in [3.05, 3.63) is 14.7 Å². The summed E-state index contributed by atoms with van der Waals surface area (Å²) in [6.45, 7) is 3.03. The standard InChI is InChI=1S/C10H12BrNO3S/c1-14-10(13)9-7(6-8(11)16-9)12-2-4-15-5-3-12/h6H,2-5H2,1H3. The fourth-order valence-corrected chi connectivity index (χ4v) is 3.16. The minimum absolute atomic E-state index is 0.280. The molecule has 2 rings (SSSR count). The van der Waals surface area contributed by atoms with E-state index in [-0.39, 0.29) is 5.97 Å². The van der Waals surface area contributed by atoms with Crippen molar-refractivity contribution >= 4 is 38.9 Å². The number of morpholine rings is 1. The van der Waals surface area contributed by atoms with Gasteiger partial charge in [-0.15, -0.1) is 11.3 Å². The van der Waals surface area contributed by atoms with Crippen LogP contribution in [0.1, 0.15) is 9.67 Å². The lowest BCUT2D eigenvalue weighted by Crippen LogP contribution is -2.36. The molecule has 0 saturated carbocycles. The smallest absolute Gasteiger partial charge is 0.350 e. The number of halogens is 1. The van der Waals surface area contributed by atoms with Crippen LogP contribution in [0.2, 0.25) is 0 Å². The van der Waals surface area contributed by atoms with Crippen LogP contribution in [0.15, 0.2) is 9.85 Å². The second-order valence-electron chi connectivity index (χ2n) is 3.36. The van der Waals surface area contributed by atoms with Gasteiger partial charge in [0, 0.05) is 13.1 Å². The van der Waals surface area contributed by atoms with Crippen molar-refractivity contribution in [1.82, 2.24) is 0 Å². The zero-order valence-corrected chi connectivity index (χ0v) is 11.3. The van der Waals surface area contributed by atoms with E-state index in [1.807, 2.05) is 6.07 Å². The molecule has 0 aliphatic carbocycles. The Kier molecular flexibility index (Phi) is 3.83. The number of rotatable bonds is 2. The highest BCUT2D eigenvalue weighted by atomic mass is 79.9. The Morgan fingerprint density at radius 1 is 1.56 bits per heavy atom. The summed E-state index contributed by atoms with van der Waals surface area (Å²) in [5.74, 6) is -0.280. The summed E-state index contributed by atoms with van der Waals surface area (Å²) in [5.41, 5.74) is 0.937. The zero-order chi connectivity index (χ0) is 11.5. The van der Waals surface area contributed by atoms with Crippen LogP contribution in [0.3, 0.4) is 0 Å². The number of ether oxygens (including phenoxy) is 2. The Morgan fingerprint density at radius 3 is 2.88 bits per heavy atom. The molecule has 88 valence electrons. The molecule has 0 radical (unpaired) electrons. The number of methoxy groups -OCH3 is 1. The zero-order valence-electron chi connectivity index (χ0n) is 8.86. The van der Waals surface area contributed by atoms with E-state index >= 15 is 0 Å². The van der Waals surface area contributed by atoms with E-state index in [1.165, 1.54) is 18.4 Å². The second kappa shape index (κ2) is 5.16. The molecule has 0 atom stereocenters. The lowest BCUT2D eigenvalue weighted by atomic mass is 10.3. The van der Waals surface area contributed by atoms with Crippen molar-refractivity contribution in [3.63, 3.8) is 0 Å². The molecule has 16 heavy (non-hydrogen) atoms. The average molecular weight is 306 g/mol. The highest BCUT2D eigenvalue weighted by Gasteiger charge is 2.22. The first kappa shape index (κ1) is 11.9. The number of hydrogen-bond donors (Lipinski definition) is 0. The molecule has 0 unspecified atom stereocenters. The number of thiophene rings is 1. The molecule has 1 aliphatic heterocycles. The predicted octanol–water partition coefficient (Wildman–Crippen LogP) is 2.13. The maximum atomic E-state index is 11.6. The fraction of sp³-hybridized carbons (Fsp3) is 0.500. The molecular weight excluding hydrogens is 294 g/mol. The van der Waals surface area contributed by atoms with Gasteiger partial charge in [-0.3, -0.25) is 0 Å². The van der Waals surface area contributed by atoms with Crippen LogP contribution >= 0.6 is 27.3 Å². The molecule has 0 aromatic carbocycles. The van der Waals surface area contributed by atoms with Gasteiger partial charge in [0.2, 0.25) is 0 Å². The first-order valence-electron chi connectivity index (χ1n) is 4.92. The molecule has 1 saturated heterocycles. The third kappa shape index (κ3) is 2.39. The van der Waals surface area contributed by atoms with E-state index in [0.717, 1.165) is 22.6 Å². The minimum atomic E-state index is -0.280. The third-order valence-electron chi connectivity index (χ3n) is 2.40. The van der Waals surface area contributed by atoms with Gasteiger partial charge in [-0.1, -0.05) is 0 Å². The average Bonchev–Trinajstić information content (AvgIpc) is 2.71. The normalized spacial score (nSPS) is 16.2. The molecule has 2 heterocycles. The number of esters is 1. The molecule has 1 aromatic heterocycles. The summed E-state index contributed by atoms with van der Waals surface area (Å²) in [7, 11) is 1.40. The van der Waals surface area contributed by atoms with Gasteiger partial charge in [-0.2, -0.15) is 0 Å². The van der Waals surface area contributed by atoms with Gasteiger partial charge in [0.1, 0.15) is 4.88 Å². The molecule has 6 heteroatoms. The molecular formula is C10H12BrNO3S. The second-order valence-corrected chi connectivity index (χ2v) is 5.79. The molecule has 1 aromatic rings. The predicted molar refractivity (Wildman–Crippen MR) is 66.4 cm³/mol. The maximum Gasteiger partial charge on any atom is 0.350 e. The number of nitrogens with zero attached hydrogens (tertiary/aromatic N) is 1. The third-order valence-corrected chi connectivity index (χ3v) is 4.01. The summed E-state index contributed by atoms with van der Waals surface area (Å²) < 4.78 is 11.0. The van der Waals surface area contributed by atoms with Gasteiger partial charge in [0.05, 0.1) is 29.8 Å². The van der Waals surface area contributed by atoms with E-state index in [1.54, 1.807) is 0 Å². The topological polar surface area (TPSA) is 38.8 Å². The number of anilines is 1. The Balaban J connectivity index is 2.27. The van der Waals surface area contributed by atoms with Gasteiger partial charge in [0.25, 0.3) is 0 Å². The lowest BCUT2D eigenvalue weighted by molar-refractivity contribution is 0.0606. The van der Waals surface area contributed by atoms with Crippen LogP contribution in [0.4, 0.5) is 5.69 Å². The fourth-order valence-electron chi connectivity index (χ4n) is 1.63. The summed E-state index contributed by atoms with van der Waals surface area (Å²) in [5, 5.41) is 0. The van der Waals surface area contributed by atoms with Crippen molar-refractivity contribution in [3.8, 4) is 0 Å². The van der Waals surface area contributed by atoms with Crippen LogP contribution in [0.5, 0.6) is 0 Å². The Hall–Kier alpha value is -0.590. The summed E-state index contributed by atoms with van der Waals surface area (Å²) in [6.07, 6.45) is 0. The van der Waals surface area contributed by atoms with Crippen molar-refractivity contribution in [2.75, 3.05) is 38.3 Å². The molecule has 0 spiro atoms. The molecule has 1 fully saturated rings. The summed E-state index contributed by atoms with van der Waals surface area (Å²) in [4.78, 5) is 14.4.